The van der Waals surface area contributed by atoms with Crippen molar-refractivity contribution in [1.82, 2.24) is 4.90 Å². The van der Waals surface area contributed by atoms with Gasteiger partial charge in [-0.05, 0) is 33.1 Å². The Kier molecular flexibility index (Phi) is 5.53. The minimum absolute atomic E-state index is 0.0555. The topological polar surface area (TPSA) is 83.9 Å². The Morgan fingerprint density at radius 3 is 2.50 bits per heavy atom. The molecular weight excluding hydrogens is 262 g/mol. The van der Waals surface area contributed by atoms with Crippen molar-refractivity contribution in [2.24, 2.45) is 5.41 Å². The van der Waals surface area contributed by atoms with Crippen molar-refractivity contribution in [3.05, 3.63) is 0 Å². The quantitative estimate of drug-likeness (QED) is 0.772. The molecule has 1 aliphatic rings. The number of piperidine rings is 1. The number of ether oxygens (including phenoxy) is 1. The van der Waals surface area contributed by atoms with Gasteiger partial charge in [0.25, 0.3) is 0 Å². The Balaban J connectivity index is 2.72. The zero-order valence-corrected chi connectivity index (χ0v) is 12.3. The van der Waals surface area contributed by atoms with E-state index in [0.29, 0.717) is 6.54 Å². The van der Waals surface area contributed by atoms with Crippen LogP contribution >= 0.6 is 0 Å². The maximum Gasteiger partial charge on any atom is 0.309 e. The highest BCUT2D eigenvalue weighted by Gasteiger charge is 2.35. The van der Waals surface area contributed by atoms with Crippen LogP contribution in [0.3, 0.4) is 0 Å². The molecule has 1 rings (SSSR count). The van der Waals surface area contributed by atoms with E-state index >= 15 is 0 Å². The molecule has 0 aromatic heterocycles. The first-order chi connectivity index (χ1) is 9.27. The van der Waals surface area contributed by atoms with Gasteiger partial charge in [-0.15, -0.1) is 0 Å². The zero-order chi connectivity index (χ0) is 15.3. The molecule has 1 unspecified atom stereocenters. The lowest BCUT2D eigenvalue weighted by atomic mass is 9.88. The first kappa shape index (κ1) is 16.5. The summed E-state index contributed by atoms with van der Waals surface area (Å²) in [5.74, 6) is -1.54. The Labute approximate surface area is 119 Å². The van der Waals surface area contributed by atoms with E-state index in [1.54, 1.807) is 4.90 Å². The van der Waals surface area contributed by atoms with E-state index in [-0.39, 0.29) is 30.8 Å². The molecule has 0 bridgehead atoms. The first-order valence-corrected chi connectivity index (χ1v) is 6.87. The van der Waals surface area contributed by atoms with Crippen molar-refractivity contribution in [2.45, 2.75) is 52.0 Å². The van der Waals surface area contributed by atoms with Crippen molar-refractivity contribution in [2.75, 3.05) is 13.7 Å². The molecular formula is C14H23NO5. The van der Waals surface area contributed by atoms with Gasteiger partial charge in [0.2, 0.25) is 5.91 Å². The lowest BCUT2D eigenvalue weighted by Gasteiger charge is -2.36. The summed E-state index contributed by atoms with van der Waals surface area (Å²) in [6.07, 6.45) is 2.73. The number of nitrogens with zero attached hydrogens (tertiary/aromatic N) is 1. The Bertz CT molecular complexity index is 391. The molecule has 0 radical (unpaired) electrons. The number of aliphatic carboxylic acids is 1. The number of hydrogen-bond donors (Lipinski definition) is 1. The summed E-state index contributed by atoms with van der Waals surface area (Å²) in [6.45, 7) is 3.65. The number of carboxylic acid groups (broad SMARTS) is 1. The average Bonchev–Trinajstić information content (AvgIpc) is 2.38. The smallest absolute Gasteiger partial charge is 0.309 e. The SMILES string of the molecule is COC(=O)CC1CCCCN1C(=O)CC(C)(C)C(=O)O. The normalized spacial score (nSPS) is 19.6. The van der Waals surface area contributed by atoms with Crippen LogP contribution < -0.4 is 0 Å². The number of hydrogen-bond acceptors (Lipinski definition) is 4. The molecule has 0 spiro atoms. The molecule has 1 N–H and O–H groups in total. The third-order valence-electron chi connectivity index (χ3n) is 3.75. The van der Waals surface area contributed by atoms with Gasteiger partial charge in [0.1, 0.15) is 0 Å². The number of carbonyl (C=O) groups is 3. The third kappa shape index (κ3) is 4.21. The second kappa shape index (κ2) is 6.72. The Hall–Kier alpha value is -1.59. The summed E-state index contributed by atoms with van der Waals surface area (Å²) < 4.78 is 4.65. The van der Waals surface area contributed by atoms with Crippen LogP contribution in [0.25, 0.3) is 0 Å². The van der Waals surface area contributed by atoms with E-state index in [0.717, 1.165) is 19.3 Å². The predicted octanol–water partition coefficient (Wildman–Crippen LogP) is 1.43. The Morgan fingerprint density at radius 1 is 1.30 bits per heavy atom. The van der Waals surface area contributed by atoms with E-state index in [9.17, 15) is 14.4 Å². The zero-order valence-electron chi connectivity index (χ0n) is 12.3. The second-order valence-electron chi connectivity index (χ2n) is 5.88. The van der Waals surface area contributed by atoms with Crippen LogP contribution in [-0.4, -0.2) is 47.5 Å². The highest BCUT2D eigenvalue weighted by molar-refractivity contribution is 5.85. The van der Waals surface area contributed by atoms with Crippen LogP contribution in [0, 0.1) is 5.41 Å². The van der Waals surface area contributed by atoms with Crippen molar-refractivity contribution < 1.29 is 24.2 Å². The standard InChI is InChI=1S/C14H23NO5/c1-14(2,13(18)19)9-11(16)15-7-5-4-6-10(15)8-12(17)20-3/h10H,4-9H2,1-3H3,(H,18,19). The van der Waals surface area contributed by atoms with E-state index in [2.05, 4.69) is 4.74 Å². The monoisotopic (exact) mass is 285 g/mol. The van der Waals surface area contributed by atoms with Gasteiger partial charge in [0, 0.05) is 19.0 Å². The van der Waals surface area contributed by atoms with Gasteiger partial charge < -0.3 is 14.7 Å². The largest absolute Gasteiger partial charge is 0.481 e. The summed E-state index contributed by atoms with van der Waals surface area (Å²) in [4.78, 5) is 36.4. The van der Waals surface area contributed by atoms with Crippen LogP contribution in [0.1, 0.15) is 46.0 Å². The fourth-order valence-corrected chi connectivity index (χ4v) is 2.37. The summed E-state index contributed by atoms with van der Waals surface area (Å²) in [5.41, 5.74) is -1.09. The fourth-order valence-electron chi connectivity index (χ4n) is 2.37. The predicted molar refractivity (Wildman–Crippen MR) is 72.0 cm³/mol. The molecule has 1 saturated heterocycles. The summed E-state index contributed by atoms with van der Waals surface area (Å²) in [6, 6.07) is -0.173. The summed E-state index contributed by atoms with van der Waals surface area (Å²) >= 11 is 0. The first-order valence-electron chi connectivity index (χ1n) is 6.87. The van der Waals surface area contributed by atoms with Crippen LogP contribution in [0.2, 0.25) is 0 Å². The highest BCUT2D eigenvalue weighted by atomic mass is 16.5. The molecule has 0 aliphatic carbocycles. The number of methoxy groups -OCH3 is 1. The number of amides is 1. The molecule has 1 atom stereocenters. The van der Waals surface area contributed by atoms with Crippen LogP contribution in [0.5, 0.6) is 0 Å². The van der Waals surface area contributed by atoms with Gasteiger partial charge in [0.05, 0.1) is 18.9 Å². The van der Waals surface area contributed by atoms with Gasteiger partial charge in [-0.25, -0.2) is 0 Å². The van der Waals surface area contributed by atoms with Crippen molar-refractivity contribution >= 4 is 17.8 Å². The Morgan fingerprint density at radius 2 is 1.95 bits per heavy atom. The summed E-state index contributed by atoms with van der Waals surface area (Å²) in [7, 11) is 1.32. The van der Waals surface area contributed by atoms with Crippen LogP contribution in [0.15, 0.2) is 0 Å². The van der Waals surface area contributed by atoms with Gasteiger partial charge in [0.15, 0.2) is 0 Å². The van der Waals surface area contributed by atoms with Gasteiger partial charge in [-0.3, -0.25) is 14.4 Å². The van der Waals surface area contributed by atoms with Crippen molar-refractivity contribution in [3.63, 3.8) is 0 Å². The molecule has 1 amide bonds. The molecule has 114 valence electrons. The van der Waals surface area contributed by atoms with Crippen LogP contribution in [0.4, 0.5) is 0 Å². The van der Waals surface area contributed by atoms with Crippen LogP contribution in [-0.2, 0) is 19.1 Å². The minimum Gasteiger partial charge on any atom is -0.481 e. The maximum absolute atomic E-state index is 12.3. The van der Waals surface area contributed by atoms with Crippen molar-refractivity contribution in [3.8, 4) is 0 Å². The molecule has 1 heterocycles. The number of likely N-dealkylation sites (tertiary alicyclic amines) is 1. The number of rotatable bonds is 5. The lowest BCUT2D eigenvalue weighted by molar-refractivity contribution is -0.153. The maximum atomic E-state index is 12.3. The second-order valence-corrected chi connectivity index (χ2v) is 5.88. The lowest BCUT2D eigenvalue weighted by Crippen LogP contribution is -2.46. The van der Waals surface area contributed by atoms with Crippen molar-refractivity contribution in [1.29, 1.82) is 0 Å². The molecule has 0 aromatic carbocycles. The molecule has 0 aromatic rings. The fraction of sp³-hybridized carbons (Fsp3) is 0.786. The van der Waals surface area contributed by atoms with Gasteiger partial charge in [-0.1, -0.05) is 0 Å². The number of carbonyl (C=O) groups excluding carboxylic acids is 2. The highest BCUT2D eigenvalue weighted by Crippen LogP contribution is 2.26. The van der Waals surface area contributed by atoms with E-state index in [1.807, 2.05) is 0 Å². The van der Waals surface area contributed by atoms with E-state index < -0.39 is 11.4 Å². The number of esters is 1. The molecule has 0 saturated carbocycles. The van der Waals surface area contributed by atoms with E-state index in [1.165, 1.54) is 21.0 Å². The van der Waals surface area contributed by atoms with E-state index in [4.69, 9.17) is 5.11 Å². The number of carboxylic acids is 1. The minimum atomic E-state index is -1.09. The molecule has 20 heavy (non-hydrogen) atoms. The molecule has 1 aliphatic heterocycles. The van der Waals surface area contributed by atoms with Gasteiger partial charge in [-0.2, -0.15) is 0 Å². The molecule has 1 fully saturated rings. The van der Waals surface area contributed by atoms with Gasteiger partial charge >= 0.3 is 11.9 Å². The molecule has 6 heteroatoms. The molecule has 6 nitrogen and oxygen atoms in total. The summed E-state index contributed by atoms with van der Waals surface area (Å²) in [5, 5.41) is 9.09. The third-order valence-corrected chi connectivity index (χ3v) is 3.75. The average molecular weight is 285 g/mol.